The number of hydrogen-bond donors (Lipinski definition) is 3. The fourth-order valence-electron chi connectivity index (χ4n) is 3.16. The quantitative estimate of drug-likeness (QED) is 0.334. The Morgan fingerprint density at radius 1 is 1.21 bits per heavy atom. The Morgan fingerprint density at radius 2 is 1.97 bits per heavy atom. The van der Waals surface area contributed by atoms with Crippen molar-refractivity contribution in [3.8, 4) is 11.5 Å². The first-order valence-corrected chi connectivity index (χ1v) is 11.0. The van der Waals surface area contributed by atoms with Gasteiger partial charge in [-0.1, -0.05) is 12.1 Å². The van der Waals surface area contributed by atoms with Crippen molar-refractivity contribution in [3.05, 3.63) is 57.7 Å². The van der Waals surface area contributed by atoms with Gasteiger partial charge in [-0.2, -0.15) is 0 Å². The molecule has 4 amide bonds. The first-order valence-electron chi connectivity index (χ1n) is 10.2. The standard InChI is InChI=1S/C23H22BrN3O7/c1-3-33-18-10-14(8-16(24)21(18)34-12-20(29)30)9-17-22(31)27(23(32)26-17)11-19(28)25-15-6-4-5-13(2)7-15/h4-10H,3,11-12H2,1-2H3,(H,25,28)(H,26,32)(H,29,30)/b17-9+. The van der Waals surface area contributed by atoms with E-state index in [2.05, 4.69) is 26.6 Å². The number of carbonyl (C=O) groups is 4. The van der Waals surface area contributed by atoms with Crippen LogP contribution in [0.4, 0.5) is 10.5 Å². The smallest absolute Gasteiger partial charge is 0.341 e. The van der Waals surface area contributed by atoms with Gasteiger partial charge in [0.1, 0.15) is 12.2 Å². The van der Waals surface area contributed by atoms with Crippen molar-refractivity contribution in [2.24, 2.45) is 0 Å². The van der Waals surface area contributed by atoms with Crippen LogP contribution in [0.3, 0.4) is 0 Å². The van der Waals surface area contributed by atoms with E-state index in [1.807, 2.05) is 13.0 Å². The van der Waals surface area contributed by atoms with Gasteiger partial charge >= 0.3 is 12.0 Å². The number of nitrogens with one attached hydrogen (secondary N) is 2. The molecule has 11 heteroatoms. The summed E-state index contributed by atoms with van der Waals surface area (Å²) in [4.78, 5) is 49.1. The minimum Gasteiger partial charge on any atom is -0.490 e. The monoisotopic (exact) mass is 531 g/mol. The summed E-state index contributed by atoms with van der Waals surface area (Å²) in [7, 11) is 0. The molecule has 0 radical (unpaired) electrons. The Morgan fingerprint density at radius 3 is 2.65 bits per heavy atom. The van der Waals surface area contributed by atoms with Crippen LogP contribution in [0, 0.1) is 6.92 Å². The summed E-state index contributed by atoms with van der Waals surface area (Å²) in [5.74, 6) is -1.87. The molecular formula is C23H22BrN3O7. The maximum atomic E-state index is 12.8. The maximum Gasteiger partial charge on any atom is 0.341 e. The fraction of sp³-hybridized carbons (Fsp3) is 0.217. The Labute approximate surface area is 203 Å². The molecule has 0 unspecified atom stereocenters. The molecule has 34 heavy (non-hydrogen) atoms. The highest BCUT2D eigenvalue weighted by atomic mass is 79.9. The molecule has 0 aliphatic carbocycles. The summed E-state index contributed by atoms with van der Waals surface area (Å²) in [6, 6.07) is 9.55. The van der Waals surface area contributed by atoms with Crippen LogP contribution in [0.25, 0.3) is 6.08 Å². The highest BCUT2D eigenvalue weighted by molar-refractivity contribution is 9.10. The van der Waals surface area contributed by atoms with Gasteiger partial charge < -0.3 is 25.2 Å². The van der Waals surface area contributed by atoms with Crippen LogP contribution in [0.1, 0.15) is 18.1 Å². The molecule has 0 aromatic heterocycles. The van der Waals surface area contributed by atoms with Crippen molar-refractivity contribution in [2.75, 3.05) is 25.1 Å². The van der Waals surface area contributed by atoms with Crippen LogP contribution in [0.2, 0.25) is 0 Å². The summed E-state index contributed by atoms with van der Waals surface area (Å²) in [6.07, 6.45) is 1.42. The van der Waals surface area contributed by atoms with Gasteiger partial charge in [-0.15, -0.1) is 0 Å². The van der Waals surface area contributed by atoms with Gasteiger partial charge in [0.15, 0.2) is 18.1 Å². The number of rotatable bonds is 9. The van der Waals surface area contributed by atoms with Crippen LogP contribution < -0.4 is 20.1 Å². The van der Waals surface area contributed by atoms with Gasteiger partial charge in [-0.25, -0.2) is 14.5 Å². The van der Waals surface area contributed by atoms with Gasteiger partial charge in [0.05, 0.1) is 11.1 Å². The minimum atomic E-state index is -1.15. The van der Waals surface area contributed by atoms with Gasteiger partial charge in [-0.3, -0.25) is 9.59 Å². The number of halogens is 1. The van der Waals surface area contributed by atoms with Crippen LogP contribution in [-0.2, 0) is 14.4 Å². The molecule has 0 saturated carbocycles. The molecule has 1 fully saturated rings. The number of carbonyl (C=O) groups excluding carboxylic acids is 3. The zero-order chi connectivity index (χ0) is 24.8. The van der Waals surface area contributed by atoms with E-state index >= 15 is 0 Å². The normalized spacial score (nSPS) is 14.2. The molecule has 1 aliphatic heterocycles. The number of aliphatic carboxylic acids is 1. The molecule has 2 aromatic rings. The Hall–Kier alpha value is -3.86. The zero-order valence-electron chi connectivity index (χ0n) is 18.4. The Bertz CT molecular complexity index is 1180. The summed E-state index contributed by atoms with van der Waals surface area (Å²) >= 11 is 3.31. The summed E-state index contributed by atoms with van der Waals surface area (Å²) < 4.78 is 11.2. The van der Waals surface area contributed by atoms with Crippen molar-refractivity contribution in [1.29, 1.82) is 0 Å². The minimum absolute atomic E-state index is 0.0260. The molecular weight excluding hydrogens is 510 g/mol. The van der Waals surface area contributed by atoms with Crippen molar-refractivity contribution in [2.45, 2.75) is 13.8 Å². The van der Waals surface area contributed by atoms with Gasteiger partial charge in [0.25, 0.3) is 5.91 Å². The fourth-order valence-corrected chi connectivity index (χ4v) is 3.73. The molecule has 10 nitrogen and oxygen atoms in total. The van der Waals surface area contributed by atoms with E-state index < -0.39 is 37.0 Å². The van der Waals surface area contributed by atoms with Gasteiger partial charge in [0.2, 0.25) is 5.91 Å². The average molecular weight is 532 g/mol. The number of benzene rings is 2. The maximum absolute atomic E-state index is 12.8. The molecule has 3 rings (SSSR count). The van der Waals surface area contributed by atoms with Gasteiger partial charge in [0, 0.05) is 5.69 Å². The predicted molar refractivity (Wildman–Crippen MR) is 126 cm³/mol. The zero-order valence-corrected chi connectivity index (χ0v) is 20.0. The van der Waals surface area contributed by atoms with E-state index in [0.29, 0.717) is 15.7 Å². The molecule has 2 aromatic carbocycles. The summed E-state index contributed by atoms with van der Waals surface area (Å²) in [6.45, 7) is 2.90. The second-order valence-electron chi connectivity index (χ2n) is 7.24. The lowest BCUT2D eigenvalue weighted by atomic mass is 10.1. The lowest BCUT2D eigenvalue weighted by Crippen LogP contribution is -2.38. The van der Waals surface area contributed by atoms with Crippen LogP contribution >= 0.6 is 15.9 Å². The number of ether oxygens (including phenoxy) is 2. The number of amides is 4. The van der Waals surface area contributed by atoms with Crippen molar-refractivity contribution < 1.29 is 33.8 Å². The molecule has 1 heterocycles. The number of aryl methyl sites for hydroxylation is 1. The number of nitrogens with zero attached hydrogens (tertiary/aromatic N) is 1. The van der Waals surface area contributed by atoms with Crippen LogP contribution in [0.15, 0.2) is 46.6 Å². The SMILES string of the molecule is CCOc1cc(/C=C2/NC(=O)N(CC(=O)Nc3cccc(C)c3)C2=O)cc(Br)c1OCC(=O)O. The van der Waals surface area contributed by atoms with Crippen LogP contribution in [-0.4, -0.2) is 53.6 Å². The Balaban J connectivity index is 1.77. The van der Waals surface area contributed by atoms with Crippen molar-refractivity contribution in [3.63, 3.8) is 0 Å². The number of carboxylic acid groups (broad SMARTS) is 1. The van der Waals surface area contributed by atoms with E-state index in [1.165, 1.54) is 6.08 Å². The molecule has 0 bridgehead atoms. The van der Waals surface area contributed by atoms with Crippen LogP contribution in [0.5, 0.6) is 11.5 Å². The van der Waals surface area contributed by atoms with Crippen molar-refractivity contribution >= 4 is 51.5 Å². The predicted octanol–water partition coefficient (Wildman–Crippen LogP) is 3.15. The second-order valence-corrected chi connectivity index (χ2v) is 8.10. The lowest BCUT2D eigenvalue weighted by molar-refractivity contribution is -0.139. The van der Waals surface area contributed by atoms with E-state index in [1.54, 1.807) is 37.3 Å². The number of imide groups is 1. The van der Waals surface area contributed by atoms with E-state index in [0.717, 1.165) is 10.5 Å². The number of carboxylic acids is 1. The highest BCUT2D eigenvalue weighted by Crippen LogP contribution is 2.37. The summed E-state index contributed by atoms with van der Waals surface area (Å²) in [5.41, 5.74) is 1.97. The molecule has 1 aliphatic rings. The average Bonchev–Trinajstić information content (AvgIpc) is 3.00. The second kappa shape index (κ2) is 10.8. The van der Waals surface area contributed by atoms with E-state index in [-0.39, 0.29) is 23.8 Å². The molecule has 3 N–H and O–H groups in total. The summed E-state index contributed by atoms with van der Waals surface area (Å²) in [5, 5.41) is 14.0. The van der Waals surface area contributed by atoms with Crippen molar-refractivity contribution in [1.82, 2.24) is 10.2 Å². The third kappa shape index (κ3) is 6.13. The first-order chi connectivity index (χ1) is 16.2. The third-order valence-electron chi connectivity index (χ3n) is 4.55. The Kier molecular flexibility index (Phi) is 7.90. The topological polar surface area (TPSA) is 134 Å². The molecule has 0 spiro atoms. The van der Waals surface area contributed by atoms with Gasteiger partial charge in [-0.05, 0) is 71.2 Å². The number of urea groups is 1. The number of anilines is 1. The third-order valence-corrected chi connectivity index (χ3v) is 5.14. The molecule has 178 valence electrons. The molecule has 1 saturated heterocycles. The first kappa shape index (κ1) is 24.8. The largest absolute Gasteiger partial charge is 0.490 e. The van der Waals surface area contributed by atoms with E-state index in [4.69, 9.17) is 14.6 Å². The molecule has 0 atom stereocenters. The number of hydrogen-bond acceptors (Lipinski definition) is 6. The highest BCUT2D eigenvalue weighted by Gasteiger charge is 2.35. The lowest BCUT2D eigenvalue weighted by Gasteiger charge is -2.14. The van der Waals surface area contributed by atoms with E-state index in [9.17, 15) is 19.2 Å².